The summed E-state index contributed by atoms with van der Waals surface area (Å²) in [6.07, 6.45) is 1.58. The van der Waals surface area contributed by atoms with Crippen LogP contribution in [0, 0.1) is 20.2 Å². The van der Waals surface area contributed by atoms with Crippen LogP contribution in [0.5, 0.6) is 11.5 Å². The zero-order valence-electron chi connectivity index (χ0n) is 18.5. The number of nitro benzene ring substituents is 2. The van der Waals surface area contributed by atoms with Gasteiger partial charge in [0.15, 0.2) is 5.78 Å². The minimum atomic E-state index is -0.867. The summed E-state index contributed by atoms with van der Waals surface area (Å²) in [5.41, 5.74) is 2.51. The second kappa shape index (κ2) is 9.18. The Kier molecular flexibility index (Phi) is 5.75. The zero-order valence-corrected chi connectivity index (χ0v) is 18.5. The lowest BCUT2D eigenvalue weighted by Gasteiger charge is -2.22. The highest BCUT2D eigenvalue weighted by Crippen LogP contribution is 2.32. The summed E-state index contributed by atoms with van der Waals surface area (Å²) < 4.78 is 5.78. The van der Waals surface area contributed by atoms with Crippen molar-refractivity contribution in [3.05, 3.63) is 134 Å². The second-order valence-corrected chi connectivity index (χ2v) is 7.87. The van der Waals surface area contributed by atoms with Gasteiger partial charge < -0.3 is 4.74 Å². The number of carbonyl (C=O) groups is 1. The van der Waals surface area contributed by atoms with Crippen LogP contribution in [0.4, 0.5) is 11.4 Å². The molecule has 0 bridgehead atoms. The number of benzene rings is 3. The summed E-state index contributed by atoms with van der Waals surface area (Å²) in [6, 6.07) is 21.0. The maximum atomic E-state index is 13.2. The maximum Gasteiger partial charge on any atom is 0.269 e. The predicted octanol–water partition coefficient (Wildman–Crippen LogP) is 5.47. The molecule has 0 spiro atoms. The van der Waals surface area contributed by atoms with E-state index in [-0.39, 0.29) is 17.2 Å². The lowest BCUT2D eigenvalue weighted by atomic mass is 9.90. The number of nitro groups is 2. The molecule has 5 rings (SSSR count). The number of nitrogens with zero attached hydrogens (tertiary/aromatic N) is 4. The number of ketones is 1. The molecular weight excluding hydrogens is 464 g/mol. The molecule has 36 heavy (non-hydrogen) atoms. The van der Waals surface area contributed by atoms with Crippen LogP contribution >= 0.6 is 0 Å². The molecule has 2 heterocycles. The first-order valence-corrected chi connectivity index (χ1v) is 10.8. The van der Waals surface area contributed by atoms with Crippen LogP contribution in [0.1, 0.15) is 33.2 Å². The lowest BCUT2D eigenvalue weighted by Crippen LogP contribution is -2.24. The fourth-order valence-corrected chi connectivity index (χ4v) is 3.86. The average molecular weight is 480 g/mol. The molecule has 4 aromatic rings. The monoisotopic (exact) mass is 480 g/mol. The van der Waals surface area contributed by atoms with Crippen LogP contribution in [-0.4, -0.2) is 26.3 Å². The molecule has 1 atom stereocenters. The van der Waals surface area contributed by atoms with Gasteiger partial charge in [-0.15, -0.1) is 0 Å². The number of hydrogen-bond acceptors (Lipinski definition) is 8. The van der Waals surface area contributed by atoms with Gasteiger partial charge in [-0.3, -0.25) is 35.0 Å². The van der Waals surface area contributed by atoms with Gasteiger partial charge in [0.25, 0.3) is 11.4 Å². The maximum absolute atomic E-state index is 13.2. The Balaban J connectivity index is 1.47. The molecule has 0 saturated heterocycles. The molecule has 10 nitrogen and oxygen atoms in total. The number of Topliss-reactive ketones (excluding diaryl/α,β-unsaturated/α-hetero) is 1. The van der Waals surface area contributed by atoms with Gasteiger partial charge in [-0.25, -0.2) is 0 Å². The van der Waals surface area contributed by atoms with Gasteiger partial charge in [0.05, 0.1) is 21.3 Å². The first-order valence-electron chi connectivity index (χ1n) is 10.8. The Morgan fingerprint density at radius 2 is 1.31 bits per heavy atom. The fourth-order valence-electron chi connectivity index (χ4n) is 3.86. The van der Waals surface area contributed by atoms with E-state index in [2.05, 4.69) is 9.98 Å². The number of aliphatic imine (C=N–C) groups is 1. The molecule has 10 heteroatoms. The van der Waals surface area contributed by atoms with E-state index in [9.17, 15) is 25.0 Å². The number of non-ortho nitro benzene ring substituents is 2. The number of ether oxygens (including phenoxy) is 1. The highest BCUT2D eigenvalue weighted by Gasteiger charge is 2.32. The Bertz CT molecular complexity index is 1510. The summed E-state index contributed by atoms with van der Waals surface area (Å²) in [5.74, 6) is 0.710. The molecule has 0 saturated carbocycles. The SMILES string of the molecule is O=C1c2cccnc2C(c2ccc(Oc3ccc([N+](=O)[O-])cc3)cc2)=NC1c1ccc([N+](=O)[O-])cc1. The Labute approximate surface area is 203 Å². The summed E-state index contributed by atoms with van der Waals surface area (Å²) >= 11 is 0. The Morgan fingerprint density at radius 1 is 0.750 bits per heavy atom. The van der Waals surface area contributed by atoms with Crippen molar-refractivity contribution in [1.82, 2.24) is 4.98 Å². The minimum absolute atomic E-state index is 0.0312. The molecule has 1 unspecified atom stereocenters. The van der Waals surface area contributed by atoms with Gasteiger partial charge in [-0.05, 0) is 66.2 Å². The third-order valence-electron chi connectivity index (χ3n) is 5.63. The van der Waals surface area contributed by atoms with Gasteiger partial charge >= 0.3 is 0 Å². The van der Waals surface area contributed by atoms with Crippen molar-refractivity contribution in [2.24, 2.45) is 4.99 Å². The average Bonchev–Trinajstić information content (AvgIpc) is 2.90. The summed E-state index contributed by atoms with van der Waals surface area (Å²) in [7, 11) is 0. The number of fused-ring (bicyclic) bond motifs is 1. The second-order valence-electron chi connectivity index (χ2n) is 7.87. The predicted molar refractivity (Wildman–Crippen MR) is 130 cm³/mol. The van der Waals surface area contributed by atoms with E-state index in [4.69, 9.17) is 4.74 Å². The Hall–Kier alpha value is -5.25. The molecule has 1 aromatic heterocycles. The molecule has 1 aliphatic heterocycles. The van der Waals surface area contributed by atoms with E-state index in [0.717, 1.165) is 0 Å². The van der Waals surface area contributed by atoms with Gasteiger partial charge in [0, 0.05) is 41.6 Å². The van der Waals surface area contributed by atoms with Crippen molar-refractivity contribution in [2.75, 3.05) is 0 Å². The summed E-state index contributed by atoms with van der Waals surface area (Å²) in [6.45, 7) is 0. The highest BCUT2D eigenvalue weighted by atomic mass is 16.6. The number of pyridine rings is 1. The van der Waals surface area contributed by atoms with Crippen molar-refractivity contribution in [3.63, 3.8) is 0 Å². The number of hydrogen-bond donors (Lipinski definition) is 0. The summed E-state index contributed by atoms with van der Waals surface area (Å²) in [4.78, 5) is 43.1. The van der Waals surface area contributed by atoms with Crippen LogP contribution in [-0.2, 0) is 0 Å². The van der Waals surface area contributed by atoms with E-state index < -0.39 is 15.9 Å². The van der Waals surface area contributed by atoms with E-state index in [1.54, 1.807) is 42.6 Å². The first-order chi connectivity index (χ1) is 17.4. The quantitative estimate of drug-likeness (QED) is 0.264. The smallest absolute Gasteiger partial charge is 0.269 e. The van der Waals surface area contributed by atoms with Crippen molar-refractivity contribution >= 4 is 22.9 Å². The lowest BCUT2D eigenvalue weighted by molar-refractivity contribution is -0.385. The summed E-state index contributed by atoms with van der Waals surface area (Å²) in [5, 5.41) is 21.8. The first kappa shape index (κ1) is 22.5. The van der Waals surface area contributed by atoms with Gasteiger partial charge in [0.1, 0.15) is 17.5 Å². The third kappa shape index (κ3) is 4.30. The number of aromatic nitrogens is 1. The zero-order chi connectivity index (χ0) is 25.2. The molecule has 176 valence electrons. The van der Waals surface area contributed by atoms with Crippen LogP contribution in [0.3, 0.4) is 0 Å². The van der Waals surface area contributed by atoms with E-state index in [0.29, 0.717) is 39.6 Å². The van der Waals surface area contributed by atoms with Crippen molar-refractivity contribution in [3.8, 4) is 11.5 Å². The largest absolute Gasteiger partial charge is 0.457 e. The van der Waals surface area contributed by atoms with E-state index >= 15 is 0 Å². The van der Waals surface area contributed by atoms with Crippen molar-refractivity contribution in [2.45, 2.75) is 6.04 Å². The standard InChI is InChI=1S/C26H16N4O6/c31-26-22-2-1-15-27-25(22)23(28-24(26)17-3-7-18(8-4-17)29(32)33)16-5-11-20(12-6-16)36-21-13-9-19(10-14-21)30(34)35/h1-15,24H. The molecule has 0 fully saturated rings. The molecule has 0 N–H and O–H groups in total. The molecule has 1 aliphatic rings. The van der Waals surface area contributed by atoms with Crippen LogP contribution < -0.4 is 4.74 Å². The third-order valence-corrected chi connectivity index (χ3v) is 5.63. The molecular formula is C26H16N4O6. The van der Waals surface area contributed by atoms with E-state index in [1.165, 1.54) is 48.5 Å². The Morgan fingerprint density at radius 3 is 1.89 bits per heavy atom. The van der Waals surface area contributed by atoms with Gasteiger partial charge in [-0.1, -0.05) is 0 Å². The van der Waals surface area contributed by atoms with Crippen molar-refractivity contribution < 1.29 is 19.4 Å². The topological polar surface area (TPSA) is 138 Å². The highest BCUT2D eigenvalue weighted by molar-refractivity contribution is 6.21. The van der Waals surface area contributed by atoms with Gasteiger partial charge in [-0.2, -0.15) is 0 Å². The number of carbonyl (C=O) groups excluding carboxylic acids is 1. The van der Waals surface area contributed by atoms with Crippen LogP contribution in [0.2, 0.25) is 0 Å². The van der Waals surface area contributed by atoms with Gasteiger partial charge in [0.2, 0.25) is 0 Å². The van der Waals surface area contributed by atoms with Crippen LogP contribution in [0.15, 0.2) is 96.1 Å². The minimum Gasteiger partial charge on any atom is -0.457 e. The van der Waals surface area contributed by atoms with Crippen molar-refractivity contribution in [1.29, 1.82) is 0 Å². The van der Waals surface area contributed by atoms with Crippen LogP contribution in [0.25, 0.3) is 0 Å². The molecule has 0 aliphatic carbocycles. The molecule has 0 radical (unpaired) electrons. The molecule has 0 amide bonds. The van der Waals surface area contributed by atoms with E-state index in [1.807, 2.05) is 0 Å². The molecule has 3 aromatic carbocycles. The fraction of sp³-hybridized carbons (Fsp3) is 0.0385. The number of rotatable bonds is 6. The normalized spacial score (nSPS) is 14.5.